The van der Waals surface area contributed by atoms with Gasteiger partial charge < -0.3 is 15.4 Å². The highest BCUT2D eigenvalue weighted by Crippen LogP contribution is 2.24. The second kappa shape index (κ2) is 10.2. The highest BCUT2D eigenvalue weighted by atomic mass is 79.9. The largest absolute Gasteiger partial charge is 0.494 e. The lowest BCUT2D eigenvalue weighted by atomic mass is 10.2. The van der Waals surface area contributed by atoms with E-state index in [4.69, 9.17) is 4.74 Å². The summed E-state index contributed by atoms with van der Waals surface area (Å²) < 4.78 is 7.54. The van der Waals surface area contributed by atoms with Crippen LogP contribution in [0.15, 0.2) is 83.3 Å². The van der Waals surface area contributed by atoms with E-state index in [1.807, 2.05) is 13.0 Å². The van der Waals surface area contributed by atoms with Gasteiger partial charge in [-0.3, -0.25) is 19.8 Å². The van der Waals surface area contributed by atoms with Gasteiger partial charge >= 0.3 is 11.8 Å². The number of nitrogens with zero attached hydrogens (tertiary/aromatic N) is 1. The minimum Gasteiger partial charge on any atom is -0.494 e. The second-order valence-corrected chi connectivity index (χ2v) is 8.16. The number of aromatic nitrogens is 1. The van der Waals surface area contributed by atoms with Crippen LogP contribution >= 0.6 is 15.9 Å². The number of fused-ring (bicyclic) bond motifs is 1. The van der Waals surface area contributed by atoms with Gasteiger partial charge in [-0.2, -0.15) is 0 Å². The molecule has 0 spiro atoms. The Balaban J connectivity index is 1.59. The van der Waals surface area contributed by atoms with E-state index < -0.39 is 17.7 Å². The lowest BCUT2D eigenvalue weighted by molar-refractivity contribution is -0.133. The fourth-order valence-corrected chi connectivity index (χ4v) is 3.71. The van der Waals surface area contributed by atoms with Gasteiger partial charge in [-0.1, -0.05) is 34.1 Å². The van der Waals surface area contributed by atoms with Crippen molar-refractivity contribution in [3.63, 3.8) is 0 Å². The van der Waals surface area contributed by atoms with Crippen molar-refractivity contribution in [2.45, 2.75) is 6.92 Å². The zero-order chi connectivity index (χ0) is 24.1. The van der Waals surface area contributed by atoms with E-state index in [9.17, 15) is 14.4 Å². The molecule has 8 nitrogen and oxygen atoms in total. The number of hydrogen-bond acceptors (Lipinski definition) is 4. The van der Waals surface area contributed by atoms with Crippen LogP contribution in [-0.4, -0.2) is 29.0 Å². The van der Waals surface area contributed by atoms with Crippen LogP contribution in [0.1, 0.15) is 17.4 Å². The quantitative estimate of drug-likeness (QED) is 0.319. The summed E-state index contributed by atoms with van der Waals surface area (Å²) in [5.74, 6) is -1.54. The SMILES string of the molecule is CCOc1ccc(NC(=O)c2cc3cc(Br)ccc3n2NC(=O)C(=O)Nc2ccccc2)cc1. The summed E-state index contributed by atoms with van der Waals surface area (Å²) in [7, 11) is 0. The molecule has 0 bridgehead atoms. The fourth-order valence-electron chi connectivity index (χ4n) is 3.33. The zero-order valence-electron chi connectivity index (χ0n) is 18.2. The van der Waals surface area contributed by atoms with Crippen molar-refractivity contribution in [3.8, 4) is 5.75 Å². The molecule has 4 rings (SSSR count). The number of amides is 3. The fraction of sp³-hybridized carbons (Fsp3) is 0.0800. The molecule has 0 aliphatic heterocycles. The van der Waals surface area contributed by atoms with Gasteiger partial charge in [-0.15, -0.1) is 0 Å². The topological polar surface area (TPSA) is 101 Å². The van der Waals surface area contributed by atoms with Crippen molar-refractivity contribution in [2.75, 3.05) is 22.7 Å². The minimum atomic E-state index is -0.917. The molecule has 0 fully saturated rings. The van der Waals surface area contributed by atoms with Crippen molar-refractivity contribution >= 4 is 55.9 Å². The smallest absolute Gasteiger partial charge is 0.328 e. The summed E-state index contributed by atoms with van der Waals surface area (Å²) >= 11 is 3.41. The van der Waals surface area contributed by atoms with E-state index in [1.54, 1.807) is 72.8 Å². The van der Waals surface area contributed by atoms with Crippen LogP contribution in [0.5, 0.6) is 5.75 Å². The number of para-hydroxylation sites is 1. The van der Waals surface area contributed by atoms with Crippen LogP contribution < -0.4 is 20.8 Å². The zero-order valence-corrected chi connectivity index (χ0v) is 19.8. The summed E-state index contributed by atoms with van der Waals surface area (Å²) in [5.41, 5.74) is 4.29. The molecule has 0 saturated carbocycles. The summed E-state index contributed by atoms with van der Waals surface area (Å²) in [4.78, 5) is 38.2. The molecule has 34 heavy (non-hydrogen) atoms. The molecule has 0 aliphatic carbocycles. The standard InChI is InChI=1S/C25H21BrN4O4/c1-2-34-20-11-9-19(10-12-20)27-23(31)22-15-16-14-17(26)8-13-21(16)30(22)29-25(33)24(32)28-18-6-4-3-5-7-18/h3-15H,2H2,1H3,(H,27,31)(H,28,32)(H,29,33). The van der Waals surface area contributed by atoms with Crippen molar-refractivity contribution in [1.29, 1.82) is 0 Å². The Hall–Kier alpha value is -4.11. The number of hydrogen-bond donors (Lipinski definition) is 3. The first kappa shape index (κ1) is 23.1. The van der Waals surface area contributed by atoms with Crippen LogP contribution in [0.4, 0.5) is 11.4 Å². The molecular formula is C25H21BrN4O4. The molecule has 9 heteroatoms. The van der Waals surface area contributed by atoms with Gasteiger partial charge in [0.25, 0.3) is 5.91 Å². The van der Waals surface area contributed by atoms with Crippen molar-refractivity contribution < 1.29 is 19.1 Å². The lowest BCUT2D eigenvalue weighted by Gasteiger charge is -2.13. The van der Waals surface area contributed by atoms with Gasteiger partial charge in [-0.05, 0) is 67.6 Å². The summed E-state index contributed by atoms with van der Waals surface area (Å²) in [5, 5.41) is 6.04. The average Bonchev–Trinajstić information content (AvgIpc) is 3.18. The Kier molecular flexibility index (Phi) is 6.93. The lowest BCUT2D eigenvalue weighted by Crippen LogP contribution is -2.36. The molecule has 0 saturated heterocycles. The molecule has 3 amide bonds. The number of anilines is 2. The Morgan fingerprint density at radius 1 is 0.853 bits per heavy atom. The molecule has 3 aromatic carbocycles. The third kappa shape index (κ3) is 5.26. The first-order valence-electron chi connectivity index (χ1n) is 10.5. The van der Waals surface area contributed by atoms with Crippen LogP contribution in [-0.2, 0) is 9.59 Å². The number of nitrogens with one attached hydrogen (secondary N) is 3. The second-order valence-electron chi connectivity index (χ2n) is 7.24. The summed E-state index contributed by atoms with van der Waals surface area (Å²) in [6.45, 7) is 2.43. The van der Waals surface area contributed by atoms with Crippen molar-refractivity contribution in [1.82, 2.24) is 4.68 Å². The van der Waals surface area contributed by atoms with Crippen LogP contribution in [0.25, 0.3) is 10.9 Å². The van der Waals surface area contributed by atoms with Gasteiger partial charge in [-0.25, -0.2) is 4.68 Å². The number of benzene rings is 3. The normalized spacial score (nSPS) is 10.5. The molecule has 172 valence electrons. The predicted molar refractivity (Wildman–Crippen MR) is 135 cm³/mol. The monoisotopic (exact) mass is 520 g/mol. The summed E-state index contributed by atoms with van der Waals surface area (Å²) in [6.07, 6.45) is 0. The Morgan fingerprint density at radius 2 is 1.56 bits per heavy atom. The maximum Gasteiger partial charge on any atom is 0.328 e. The van der Waals surface area contributed by atoms with Crippen LogP contribution in [0, 0.1) is 0 Å². The Labute approximate surface area is 204 Å². The third-order valence-corrected chi connectivity index (χ3v) is 5.36. The van der Waals surface area contributed by atoms with Gasteiger partial charge in [0.1, 0.15) is 11.4 Å². The van der Waals surface area contributed by atoms with E-state index in [-0.39, 0.29) is 5.69 Å². The number of halogens is 1. The molecular weight excluding hydrogens is 500 g/mol. The molecule has 0 unspecified atom stereocenters. The molecule has 3 N–H and O–H groups in total. The van der Waals surface area contributed by atoms with Gasteiger partial charge in [0.15, 0.2) is 0 Å². The van der Waals surface area contributed by atoms with Crippen LogP contribution in [0.3, 0.4) is 0 Å². The van der Waals surface area contributed by atoms with E-state index in [0.29, 0.717) is 34.6 Å². The van der Waals surface area contributed by atoms with Crippen molar-refractivity contribution in [3.05, 3.63) is 89.0 Å². The third-order valence-electron chi connectivity index (χ3n) is 4.87. The Bertz CT molecular complexity index is 1350. The molecule has 0 radical (unpaired) electrons. The highest BCUT2D eigenvalue weighted by molar-refractivity contribution is 9.10. The average molecular weight is 521 g/mol. The molecule has 1 aromatic heterocycles. The predicted octanol–water partition coefficient (Wildman–Crippen LogP) is 4.76. The minimum absolute atomic E-state index is 0.155. The number of carbonyl (C=O) groups excluding carboxylic acids is 3. The first-order chi connectivity index (χ1) is 16.4. The maximum atomic E-state index is 13.1. The first-order valence-corrected chi connectivity index (χ1v) is 11.3. The molecule has 0 aliphatic rings. The maximum absolute atomic E-state index is 13.1. The van der Waals surface area contributed by atoms with E-state index in [1.165, 1.54) is 4.68 Å². The van der Waals surface area contributed by atoms with E-state index >= 15 is 0 Å². The van der Waals surface area contributed by atoms with Gasteiger partial charge in [0.2, 0.25) is 0 Å². The van der Waals surface area contributed by atoms with Crippen LogP contribution in [0.2, 0.25) is 0 Å². The van der Waals surface area contributed by atoms with E-state index in [0.717, 1.165) is 4.47 Å². The number of ether oxygens (including phenoxy) is 1. The van der Waals surface area contributed by atoms with Gasteiger partial charge in [0.05, 0.1) is 12.1 Å². The number of rotatable bonds is 6. The molecule has 0 atom stereocenters. The Morgan fingerprint density at radius 3 is 2.26 bits per heavy atom. The summed E-state index contributed by atoms with van der Waals surface area (Å²) in [6, 6.07) is 22.5. The molecule has 1 heterocycles. The van der Waals surface area contributed by atoms with E-state index in [2.05, 4.69) is 32.0 Å². The number of carbonyl (C=O) groups is 3. The molecule has 4 aromatic rings. The highest BCUT2D eigenvalue weighted by Gasteiger charge is 2.21. The van der Waals surface area contributed by atoms with Gasteiger partial charge in [0, 0.05) is 21.2 Å². The van der Waals surface area contributed by atoms with Crippen molar-refractivity contribution in [2.24, 2.45) is 0 Å².